The molecule has 0 unspecified atom stereocenters. The summed E-state index contributed by atoms with van der Waals surface area (Å²) < 4.78 is 11.1. The number of hydrogen-bond acceptors (Lipinski definition) is 6. The van der Waals surface area contributed by atoms with E-state index in [1.54, 1.807) is 13.0 Å². The van der Waals surface area contributed by atoms with Crippen molar-refractivity contribution < 1.29 is 19.1 Å². The fraction of sp³-hybridized carbons (Fsp3) is 0.200. The number of rotatable bonds is 11. The van der Waals surface area contributed by atoms with Crippen LogP contribution in [0.5, 0.6) is 5.75 Å². The molecule has 7 heteroatoms. The molecule has 37 heavy (non-hydrogen) atoms. The minimum Gasteiger partial charge on any atom is -0.492 e. The van der Waals surface area contributed by atoms with Gasteiger partial charge in [0.2, 0.25) is 5.91 Å². The molecule has 3 aromatic carbocycles. The van der Waals surface area contributed by atoms with E-state index in [0.717, 1.165) is 21.8 Å². The molecule has 4 rings (SSSR count). The number of nitrogens with one attached hydrogen (secondary N) is 1. The summed E-state index contributed by atoms with van der Waals surface area (Å²) in [5.74, 6) is 0.0836. The van der Waals surface area contributed by atoms with E-state index < -0.39 is 12.0 Å². The normalized spacial score (nSPS) is 11.6. The summed E-state index contributed by atoms with van der Waals surface area (Å²) in [6.45, 7) is 2.95. The number of esters is 1. The molecule has 1 N–H and O–H groups in total. The molecular formula is C30H30N2O4S. The van der Waals surface area contributed by atoms with E-state index in [4.69, 9.17) is 9.47 Å². The molecule has 1 amide bonds. The Kier molecular flexibility index (Phi) is 9.08. The van der Waals surface area contributed by atoms with Crippen LogP contribution in [0.25, 0.3) is 10.4 Å². The Hall–Kier alpha value is -3.94. The van der Waals surface area contributed by atoms with Crippen LogP contribution in [0.1, 0.15) is 28.9 Å². The van der Waals surface area contributed by atoms with Crippen LogP contribution in [0.3, 0.4) is 0 Å². The standard InChI is InChI=1S/C30H30N2O4S/c1-3-35-30(34)25-21-26(22-13-7-4-8-14-22)37-29(25)31-28(33)27(23-15-9-5-10-16-23)32(2)19-20-36-24-17-11-6-12-18-24/h4-18,21,27H,3,19-20H2,1-2H3,(H,31,33)/t27-/m0/s1. The quantitative estimate of drug-likeness (QED) is 0.239. The van der Waals surface area contributed by atoms with E-state index in [1.807, 2.05) is 103 Å². The maximum atomic E-state index is 13.7. The third-order valence-electron chi connectivity index (χ3n) is 5.78. The molecule has 1 atom stereocenters. The third-order valence-corrected chi connectivity index (χ3v) is 6.88. The van der Waals surface area contributed by atoms with Gasteiger partial charge in [-0.25, -0.2) is 4.79 Å². The molecule has 0 aliphatic heterocycles. The number of para-hydroxylation sites is 1. The molecule has 0 radical (unpaired) electrons. The van der Waals surface area contributed by atoms with E-state index in [2.05, 4.69) is 5.32 Å². The maximum absolute atomic E-state index is 13.7. The van der Waals surface area contributed by atoms with Crippen LogP contribution in [0.2, 0.25) is 0 Å². The molecule has 1 heterocycles. The van der Waals surface area contributed by atoms with E-state index in [9.17, 15) is 9.59 Å². The summed E-state index contributed by atoms with van der Waals surface area (Å²) in [5, 5.41) is 3.49. The molecule has 0 saturated heterocycles. The Morgan fingerprint density at radius 1 is 0.919 bits per heavy atom. The molecule has 0 aliphatic carbocycles. The number of carbonyl (C=O) groups excluding carboxylic acids is 2. The van der Waals surface area contributed by atoms with Gasteiger partial charge in [0.15, 0.2) is 0 Å². The van der Waals surface area contributed by atoms with Gasteiger partial charge in [0.1, 0.15) is 23.4 Å². The molecule has 6 nitrogen and oxygen atoms in total. The minimum absolute atomic E-state index is 0.236. The van der Waals surface area contributed by atoms with Crippen molar-refractivity contribution in [2.75, 3.05) is 32.1 Å². The summed E-state index contributed by atoms with van der Waals surface area (Å²) in [6, 6.07) is 30.1. The third kappa shape index (κ3) is 6.84. The van der Waals surface area contributed by atoms with Crippen molar-refractivity contribution in [1.29, 1.82) is 0 Å². The van der Waals surface area contributed by atoms with E-state index in [0.29, 0.717) is 23.7 Å². The number of thiophene rings is 1. The number of carbonyl (C=O) groups is 2. The highest BCUT2D eigenvalue weighted by molar-refractivity contribution is 7.20. The summed E-state index contributed by atoms with van der Waals surface area (Å²) in [4.78, 5) is 29.3. The number of ether oxygens (including phenoxy) is 2. The largest absolute Gasteiger partial charge is 0.492 e. The van der Waals surface area contributed by atoms with E-state index >= 15 is 0 Å². The van der Waals surface area contributed by atoms with Crippen LogP contribution in [-0.2, 0) is 9.53 Å². The molecule has 190 valence electrons. The Morgan fingerprint density at radius 3 is 2.19 bits per heavy atom. The lowest BCUT2D eigenvalue weighted by Gasteiger charge is -2.27. The van der Waals surface area contributed by atoms with E-state index in [-0.39, 0.29) is 12.5 Å². The highest BCUT2D eigenvalue weighted by Gasteiger charge is 2.28. The van der Waals surface area contributed by atoms with Crippen molar-refractivity contribution >= 4 is 28.2 Å². The van der Waals surface area contributed by atoms with Crippen LogP contribution < -0.4 is 10.1 Å². The van der Waals surface area contributed by atoms with Crippen LogP contribution in [0.4, 0.5) is 5.00 Å². The van der Waals surface area contributed by atoms with Crippen molar-refractivity contribution in [1.82, 2.24) is 4.90 Å². The lowest BCUT2D eigenvalue weighted by molar-refractivity contribution is -0.121. The SMILES string of the molecule is CCOC(=O)c1cc(-c2ccccc2)sc1NC(=O)[C@H](c1ccccc1)N(C)CCOc1ccccc1. The molecule has 0 spiro atoms. The lowest BCUT2D eigenvalue weighted by Crippen LogP contribution is -2.37. The van der Waals surface area contributed by atoms with Gasteiger partial charge >= 0.3 is 5.97 Å². The minimum atomic E-state index is -0.585. The first kappa shape index (κ1) is 26.1. The summed E-state index contributed by atoms with van der Waals surface area (Å²) in [5.41, 5.74) is 2.16. The summed E-state index contributed by atoms with van der Waals surface area (Å²) >= 11 is 1.36. The predicted molar refractivity (Wildman–Crippen MR) is 148 cm³/mol. The number of benzene rings is 3. The smallest absolute Gasteiger partial charge is 0.341 e. The van der Waals surface area contributed by atoms with Gasteiger partial charge in [-0.3, -0.25) is 9.69 Å². The van der Waals surface area contributed by atoms with Gasteiger partial charge in [-0.15, -0.1) is 11.3 Å². The van der Waals surface area contributed by atoms with Crippen molar-refractivity contribution in [3.8, 4) is 16.2 Å². The number of anilines is 1. The molecule has 0 saturated carbocycles. The van der Waals surface area contributed by atoms with Crippen LogP contribution in [0, 0.1) is 0 Å². The summed E-state index contributed by atoms with van der Waals surface area (Å²) in [7, 11) is 1.89. The fourth-order valence-electron chi connectivity index (χ4n) is 3.96. The zero-order valence-corrected chi connectivity index (χ0v) is 21.7. The highest BCUT2D eigenvalue weighted by atomic mass is 32.1. The second kappa shape index (κ2) is 12.9. The van der Waals surface area contributed by atoms with Crippen molar-refractivity contribution in [2.45, 2.75) is 13.0 Å². The van der Waals surface area contributed by atoms with Gasteiger partial charge in [0.05, 0.1) is 12.2 Å². The van der Waals surface area contributed by atoms with Gasteiger partial charge in [0.25, 0.3) is 0 Å². The molecule has 0 aliphatic rings. The van der Waals surface area contributed by atoms with Crippen molar-refractivity contribution in [3.63, 3.8) is 0 Å². The molecule has 0 bridgehead atoms. The van der Waals surface area contributed by atoms with Crippen molar-refractivity contribution in [3.05, 3.63) is 108 Å². The number of hydrogen-bond donors (Lipinski definition) is 1. The van der Waals surface area contributed by atoms with Crippen LogP contribution >= 0.6 is 11.3 Å². The zero-order valence-electron chi connectivity index (χ0n) is 20.9. The Labute approximate surface area is 221 Å². The first-order chi connectivity index (χ1) is 18.1. The Bertz CT molecular complexity index is 1290. The number of likely N-dealkylation sites (N-methyl/N-ethyl adjacent to an activating group) is 1. The van der Waals surface area contributed by atoms with Crippen LogP contribution in [0.15, 0.2) is 97.1 Å². The molecule has 0 fully saturated rings. The average Bonchev–Trinajstić information content (AvgIpc) is 3.34. The molecule has 4 aromatic rings. The zero-order chi connectivity index (χ0) is 26.0. The second-order valence-electron chi connectivity index (χ2n) is 8.38. The maximum Gasteiger partial charge on any atom is 0.341 e. The topological polar surface area (TPSA) is 67.9 Å². The molecule has 1 aromatic heterocycles. The predicted octanol–water partition coefficient (Wildman–Crippen LogP) is 6.28. The van der Waals surface area contributed by atoms with Gasteiger partial charge in [0, 0.05) is 11.4 Å². The van der Waals surface area contributed by atoms with Crippen LogP contribution in [-0.4, -0.2) is 43.6 Å². The second-order valence-corrected chi connectivity index (χ2v) is 9.44. The summed E-state index contributed by atoms with van der Waals surface area (Å²) in [6.07, 6.45) is 0. The molecular weight excluding hydrogens is 484 g/mol. The van der Waals surface area contributed by atoms with E-state index in [1.165, 1.54) is 11.3 Å². The fourth-order valence-corrected chi connectivity index (χ4v) is 5.02. The first-order valence-electron chi connectivity index (χ1n) is 12.2. The Balaban J connectivity index is 1.57. The monoisotopic (exact) mass is 514 g/mol. The average molecular weight is 515 g/mol. The Morgan fingerprint density at radius 2 is 1.54 bits per heavy atom. The first-order valence-corrected chi connectivity index (χ1v) is 13.0. The van der Waals surface area contributed by atoms with Crippen molar-refractivity contribution in [2.24, 2.45) is 0 Å². The lowest BCUT2D eigenvalue weighted by atomic mass is 10.0. The van der Waals surface area contributed by atoms with Gasteiger partial charge in [-0.05, 0) is 43.3 Å². The number of amides is 1. The highest BCUT2D eigenvalue weighted by Crippen LogP contribution is 2.37. The van der Waals surface area contributed by atoms with Gasteiger partial charge in [-0.1, -0.05) is 78.9 Å². The van der Waals surface area contributed by atoms with Gasteiger partial charge < -0.3 is 14.8 Å². The number of nitrogens with zero attached hydrogens (tertiary/aromatic N) is 1. The van der Waals surface area contributed by atoms with Gasteiger partial charge in [-0.2, -0.15) is 0 Å².